The van der Waals surface area contributed by atoms with E-state index in [-0.39, 0.29) is 12.2 Å². The second-order valence-corrected chi connectivity index (χ2v) is 4.84. The van der Waals surface area contributed by atoms with E-state index >= 15 is 0 Å². The Labute approximate surface area is 96.7 Å². The van der Waals surface area contributed by atoms with Gasteiger partial charge in [0.2, 0.25) is 0 Å². The number of halogens is 1. The van der Waals surface area contributed by atoms with Gasteiger partial charge in [-0.2, -0.15) is 0 Å². The number of hydrogen-bond donors (Lipinski definition) is 1. The molecule has 0 aliphatic carbocycles. The second-order valence-electron chi connectivity index (χ2n) is 3.13. The summed E-state index contributed by atoms with van der Waals surface area (Å²) in [5.74, 6) is -0.779. The largest absolute Gasteiger partial charge is 0.481 e. The predicted molar refractivity (Wildman–Crippen MR) is 59.8 cm³/mol. The summed E-state index contributed by atoms with van der Waals surface area (Å²) in [6, 6.07) is 3.39. The van der Waals surface area contributed by atoms with Crippen molar-refractivity contribution in [3.8, 4) is 0 Å². The lowest BCUT2D eigenvalue weighted by Crippen LogP contribution is -1.98. The van der Waals surface area contributed by atoms with Gasteiger partial charge in [0.1, 0.15) is 0 Å². The van der Waals surface area contributed by atoms with Crippen LogP contribution in [0.3, 0.4) is 0 Å². The number of carbonyl (C=O) groups excluding carboxylic acids is 1. The van der Waals surface area contributed by atoms with Gasteiger partial charge in [0.15, 0.2) is 5.78 Å². The number of hydrogen-bond acceptors (Lipinski definition) is 3. The first-order valence-corrected chi connectivity index (χ1v) is 5.79. The van der Waals surface area contributed by atoms with Crippen LogP contribution < -0.4 is 0 Å². The summed E-state index contributed by atoms with van der Waals surface area (Å²) >= 11 is 6.96. The van der Waals surface area contributed by atoms with Gasteiger partial charge in [0.05, 0.1) is 9.21 Å². The normalized spacial score (nSPS) is 10.2. The molecular weight excluding hydrogens is 236 g/mol. The summed E-state index contributed by atoms with van der Waals surface area (Å²) in [4.78, 5) is 22.4. The minimum absolute atomic E-state index is 0.0392. The number of unbranched alkanes of at least 4 members (excludes halogenated alkanes) is 1. The third-order valence-electron chi connectivity index (χ3n) is 1.89. The lowest BCUT2D eigenvalue weighted by molar-refractivity contribution is -0.137. The molecule has 0 saturated carbocycles. The number of Topliss-reactive ketones (excluding diaryl/α,β-unsaturated/α-hetero) is 1. The Morgan fingerprint density at radius 3 is 2.47 bits per heavy atom. The molecule has 3 nitrogen and oxygen atoms in total. The van der Waals surface area contributed by atoms with E-state index in [0.29, 0.717) is 28.5 Å². The molecule has 0 unspecified atom stereocenters. The van der Waals surface area contributed by atoms with Gasteiger partial charge in [0.25, 0.3) is 0 Å². The highest BCUT2D eigenvalue weighted by atomic mass is 35.5. The van der Waals surface area contributed by atoms with E-state index in [1.54, 1.807) is 12.1 Å². The zero-order valence-electron chi connectivity index (χ0n) is 8.03. The summed E-state index contributed by atoms with van der Waals surface area (Å²) < 4.78 is 0.601. The van der Waals surface area contributed by atoms with Crippen molar-refractivity contribution in [1.29, 1.82) is 0 Å². The molecule has 1 rings (SSSR count). The van der Waals surface area contributed by atoms with Gasteiger partial charge >= 0.3 is 5.97 Å². The molecule has 0 radical (unpaired) electrons. The van der Waals surface area contributed by atoms with Crippen molar-refractivity contribution in [2.24, 2.45) is 0 Å². The summed E-state index contributed by atoms with van der Waals surface area (Å²) in [5.41, 5.74) is 0. The Bertz CT molecular complexity index is 359. The van der Waals surface area contributed by atoms with Crippen LogP contribution in [0.5, 0.6) is 0 Å². The highest BCUT2D eigenvalue weighted by Gasteiger charge is 2.08. The Morgan fingerprint density at radius 2 is 1.93 bits per heavy atom. The Hall–Kier alpha value is -0.870. The highest BCUT2D eigenvalue weighted by Crippen LogP contribution is 2.23. The first-order valence-electron chi connectivity index (χ1n) is 4.60. The standard InChI is InChI=1S/C10H11ClO3S/c11-9-6-5-8(15-9)7(12)3-1-2-4-10(13)14/h5-6H,1-4H2,(H,13,14). The van der Waals surface area contributed by atoms with Gasteiger partial charge in [-0.15, -0.1) is 11.3 Å². The fourth-order valence-corrected chi connectivity index (χ4v) is 2.16. The molecule has 0 atom stereocenters. The predicted octanol–water partition coefficient (Wildman–Crippen LogP) is 3.23. The first-order chi connectivity index (χ1) is 7.09. The van der Waals surface area contributed by atoms with Crippen molar-refractivity contribution in [3.05, 3.63) is 21.3 Å². The molecule has 0 amide bonds. The molecule has 1 N–H and O–H groups in total. The summed E-state index contributed by atoms with van der Waals surface area (Å²) in [5, 5.41) is 8.40. The number of thiophene rings is 1. The van der Waals surface area contributed by atoms with Crippen molar-refractivity contribution < 1.29 is 14.7 Å². The van der Waals surface area contributed by atoms with Crippen LogP contribution >= 0.6 is 22.9 Å². The molecule has 1 aromatic rings. The quantitative estimate of drug-likeness (QED) is 0.619. The van der Waals surface area contributed by atoms with Crippen LogP contribution in [0.1, 0.15) is 35.4 Å². The van der Waals surface area contributed by atoms with E-state index < -0.39 is 5.97 Å². The van der Waals surface area contributed by atoms with Crippen molar-refractivity contribution in [1.82, 2.24) is 0 Å². The minimum Gasteiger partial charge on any atom is -0.481 e. The molecule has 1 aromatic heterocycles. The van der Waals surface area contributed by atoms with Crippen molar-refractivity contribution in [2.75, 3.05) is 0 Å². The molecule has 0 aromatic carbocycles. The van der Waals surface area contributed by atoms with Crippen LogP contribution in [-0.4, -0.2) is 16.9 Å². The van der Waals surface area contributed by atoms with Gasteiger partial charge in [-0.05, 0) is 25.0 Å². The Morgan fingerprint density at radius 1 is 1.27 bits per heavy atom. The molecule has 15 heavy (non-hydrogen) atoms. The van der Waals surface area contributed by atoms with E-state index in [4.69, 9.17) is 16.7 Å². The lowest BCUT2D eigenvalue weighted by Gasteiger charge is -1.96. The smallest absolute Gasteiger partial charge is 0.303 e. The number of rotatable bonds is 6. The SMILES string of the molecule is O=C(O)CCCCC(=O)c1ccc(Cl)s1. The minimum atomic E-state index is -0.818. The van der Waals surface area contributed by atoms with Crippen LogP contribution in [0.15, 0.2) is 12.1 Å². The molecule has 5 heteroatoms. The first kappa shape index (κ1) is 12.2. The summed E-state index contributed by atoms with van der Waals surface area (Å²) in [6.45, 7) is 0. The van der Waals surface area contributed by atoms with Crippen LogP contribution in [0.4, 0.5) is 0 Å². The van der Waals surface area contributed by atoms with Gasteiger partial charge < -0.3 is 5.11 Å². The van der Waals surface area contributed by atoms with Gasteiger partial charge in [-0.3, -0.25) is 9.59 Å². The molecule has 0 aliphatic rings. The number of carboxylic acids is 1. The zero-order valence-corrected chi connectivity index (χ0v) is 9.61. The maximum absolute atomic E-state index is 11.5. The summed E-state index contributed by atoms with van der Waals surface area (Å²) in [7, 11) is 0. The van der Waals surface area contributed by atoms with Crippen LogP contribution in [-0.2, 0) is 4.79 Å². The highest BCUT2D eigenvalue weighted by molar-refractivity contribution is 7.18. The van der Waals surface area contributed by atoms with E-state index in [2.05, 4.69) is 0 Å². The molecule has 0 saturated heterocycles. The third kappa shape index (κ3) is 4.44. The molecule has 0 fully saturated rings. The average molecular weight is 247 g/mol. The molecule has 82 valence electrons. The van der Waals surface area contributed by atoms with Crippen LogP contribution in [0.2, 0.25) is 4.34 Å². The monoisotopic (exact) mass is 246 g/mol. The number of carboxylic acid groups (broad SMARTS) is 1. The van der Waals surface area contributed by atoms with Gasteiger partial charge in [-0.25, -0.2) is 0 Å². The third-order valence-corrected chi connectivity index (χ3v) is 3.16. The Kier molecular flexibility index (Phi) is 4.78. The van der Waals surface area contributed by atoms with Gasteiger partial charge in [0, 0.05) is 12.8 Å². The number of aliphatic carboxylic acids is 1. The fraction of sp³-hybridized carbons (Fsp3) is 0.400. The number of carbonyl (C=O) groups is 2. The molecule has 0 bridgehead atoms. The van der Waals surface area contributed by atoms with Crippen molar-refractivity contribution in [2.45, 2.75) is 25.7 Å². The number of ketones is 1. The molecule has 1 heterocycles. The van der Waals surface area contributed by atoms with E-state index in [1.807, 2.05) is 0 Å². The maximum Gasteiger partial charge on any atom is 0.303 e. The van der Waals surface area contributed by atoms with Gasteiger partial charge in [-0.1, -0.05) is 11.6 Å². The fourth-order valence-electron chi connectivity index (χ4n) is 1.15. The lowest BCUT2D eigenvalue weighted by atomic mass is 10.1. The topological polar surface area (TPSA) is 54.4 Å². The summed E-state index contributed by atoms with van der Waals surface area (Å²) in [6.07, 6.45) is 1.67. The van der Waals surface area contributed by atoms with E-state index in [1.165, 1.54) is 11.3 Å². The van der Waals surface area contributed by atoms with Crippen LogP contribution in [0, 0.1) is 0 Å². The Balaban J connectivity index is 2.28. The maximum atomic E-state index is 11.5. The molecular formula is C10H11ClO3S. The second kappa shape index (κ2) is 5.88. The van der Waals surface area contributed by atoms with E-state index in [0.717, 1.165) is 0 Å². The van der Waals surface area contributed by atoms with Crippen LogP contribution in [0.25, 0.3) is 0 Å². The zero-order chi connectivity index (χ0) is 11.3. The van der Waals surface area contributed by atoms with Crippen molar-refractivity contribution >= 4 is 34.7 Å². The van der Waals surface area contributed by atoms with Crippen molar-refractivity contribution in [3.63, 3.8) is 0 Å². The molecule has 0 spiro atoms. The average Bonchev–Trinajstić information content (AvgIpc) is 2.59. The van der Waals surface area contributed by atoms with E-state index in [9.17, 15) is 9.59 Å². The molecule has 0 aliphatic heterocycles.